The summed E-state index contributed by atoms with van der Waals surface area (Å²) in [4.78, 5) is 12.6. The average Bonchev–Trinajstić information content (AvgIpc) is 2.45. The predicted molar refractivity (Wildman–Crippen MR) is 62.1 cm³/mol. The first kappa shape index (κ1) is 11.5. The van der Waals surface area contributed by atoms with Crippen LogP contribution in [0.3, 0.4) is 0 Å². The average molecular weight is 258 g/mol. The first-order valence-corrected chi connectivity index (χ1v) is 5.35. The Hall–Kier alpha value is -1.03. The largest absolute Gasteiger partial charge is 0.362 e. The fraction of sp³-hybridized carbons (Fsp3) is 0.182. The zero-order valence-electron chi connectivity index (χ0n) is 8.45. The number of hydrogen-bond acceptors (Lipinski definition) is 2. The lowest BCUT2D eigenvalue weighted by atomic mass is 10.0. The van der Waals surface area contributed by atoms with Gasteiger partial charge in [-0.05, 0) is 12.1 Å². The summed E-state index contributed by atoms with van der Waals surface area (Å²) < 4.78 is 0. The van der Waals surface area contributed by atoms with E-state index in [1.54, 1.807) is 24.3 Å². The molecule has 0 fully saturated rings. The van der Waals surface area contributed by atoms with Crippen molar-refractivity contribution in [3.05, 3.63) is 46.0 Å². The standard InChI is InChI=1S/C11H9Cl2NO2/c1-14-10(15)6-9(13)11(14,16)7-2-4-8(12)5-3-7/h2-6,16H,1H3. The van der Waals surface area contributed by atoms with E-state index in [4.69, 9.17) is 23.2 Å². The van der Waals surface area contributed by atoms with Crippen molar-refractivity contribution in [3.8, 4) is 0 Å². The van der Waals surface area contributed by atoms with Crippen LogP contribution in [0.5, 0.6) is 0 Å². The van der Waals surface area contributed by atoms with Gasteiger partial charge >= 0.3 is 0 Å². The van der Waals surface area contributed by atoms with Gasteiger partial charge in [-0.1, -0.05) is 35.3 Å². The second-order valence-electron chi connectivity index (χ2n) is 3.57. The van der Waals surface area contributed by atoms with Crippen LogP contribution >= 0.6 is 23.2 Å². The summed E-state index contributed by atoms with van der Waals surface area (Å²) in [5.41, 5.74) is -1.07. The lowest BCUT2D eigenvalue weighted by Crippen LogP contribution is -2.42. The Morgan fingerprint density at radius 2 is 1.81 bits per heavy atom. The SMILES string of the molecule is CN1C(=O)C=C(Cl)C1(O)c1ccc(Cl)cc1. The van der Waals surface area contributed by atoms with Gasteiger partial charge in [0.15, 0.2) is 0 Å². The third kappa shape index (κ3) is 1.52. The van der Waals surface area contributed by atoms with Crippen molar-refractivity contribution in [1.82, 2.24) is 4.90 Å². The van der Waals surface area contributed by atoms with Gasteiger partial charge in [0, 0.05) is 23.7 Å². The van der Waals surface area contributed by atoms with Crippen molar-refractivity contribution in [3.63, 3.8) is 0 Å². The number of carbonyl (C=O) groups excluding carboxylic acids is 1. The quantitative estimate of drug-likeness (QED) is 0.837. The highest BCUT2D eigenvalue weighted by atomic mass is 35.5. The summed E-state index contributed by atoms with van der Waals surface area (Å²) in [5, 5.41) is 11.1. The Balaban J connectivity index is 2.50. The predicted octanol–water partition coefficient (Wildman–Crippen LogP) is 2.08. The van der Waals surface area contributed by atoms with Gasteiger partial charge in [0.1, 0.15) is 0 Å². The summed E-state index contributed by atoms with van der Waals surface area (Å²) in [6, 6.07) is 6.53. The second-order valence-corrected chi connectivity index (χ2v) is 4.41. The van der Waals surface area contributed by atoms with Crippen LogP contribution in [0, 0.1) is 0 Å². The molecule has 1 unspecified atom stereocenters. The first-order valence-electron chi connectivity index (χ1n) is 4.60. The molecule has 16 heavy (non-hydrogen) atoms. The molecule has 2 rings (SSSR count). The van der Waals surface area contributed by atoms with E-state index in [1.807, 2.05) is 0 Å². The summed E-state index contributed by atoms with van der Waals surface area (Å²) in [6.45, 7) is 0. The number of hydrogen-bond donors (Lipinski definition) is 1. The van der Waals surface area contributed by atoms with Crippen LogP contribution in [0.15, 0.2) is 35.4 Å². The molecule has 1 heterocycles. The summed E-state index contributed by atoms with van der Waals surface area (Å²) in [7, 11) is 1.49. The molecule has 0 radical (unpaired) electrons. The highest BCUT2D eigenvalue weighted by Crippen LogP contribution is 2.39. The summed E-state index contributed by atoms with van der Waals surface area (Å²) in [6.07, 6.45) is 1.20. The minimum Gasteiger partial charge on any atom is -0.362 e. The maximum Gasteiger partial charge on any atom is 0.250 e. The monoisotopic (exact) mass is 257 g/mol. The Labute approximate surface area is 103 Å². The van der Waals surface area contributed by atoms with E-state index in [2.05, 4.69) is 0 Å². The highest BCUT2D eigenvalue weighted by Gasteiger charge is 2.44. The molecule has 0 saturated carbocycles. The van der Waals surface area contributed by atoms with Crippen LogP contribution in [-0.2, 0) is 10.5 Å². The van der Waals surface area contributed by atoms with Crippen LogP contribution in [0.1, 0.15) is 5.56 Å². The molecule has 0 saturated heterocycles. The van der Waals surface area contributed by atoms with Crippen molar-refractivity contribution in [1.29, 1.82) is 0 Å². The lowest BCUT2D eigenvalue weighted by Gasteiger charge is -2.31. The zero-order chi connectivity index (χ0) is 11.9. The van der Waals surface area contributed by atoms with E-state index in [-0.39, 0.29) is 10.9 Å². The van der Waals surface area contributed by atoms with Gasteiger partial charge in [-0.25, -0.2) is 0 Å². The maximum absolute atomic E-state index is 11.4. The minimum absolute atomic E-state index is 0.0855. The zero-order valence-corrected chi connectivity index (χ0v) is 9.96. The number of amides is 1. The molecular formula is C11H9Cl2NO2. The third-order valence-electron chi connectivity index (χ3n) is 2.65. The van der Waals surface area contributed by atoms with E-state index in [0.717, 1.165) is 0 Å². The number of nitrogens with zero attached hydrogens (tertiary/aromatic N) is 1. The second kappa shape index (κ2) is 3.77. The molecule has 84 valence electrons. The number of carbonyl (C=O) groups is 1. The number of aliphatic hydroxyl groups is 1. The number of likely N-dealkylation sites (N-methyl/N-ethyl adjacent to an activating group) is 1. The summed E-state index contributed by atoms with van der Waals surface area (Å²) in [5.74, 6) is -0.331. The normalized spacial score (nSPS) is 24.9. The molecule has 1 N–H and O–H groups in total. The minimum atomic E-state index is -1.58. The van der Waals surface area contributed by atoms with E-state index >= 15 is 0 Å². The van der Waals surface area contributed by atoms with Gasteiger partial charge in [0.2, 0.25) is 11.6 Å². The fourth-order valence-corrected chi connectivity index (χ4v) is 2.09. The van der Waals surface area contributed by atoms with Gasteiger partial charge in [-0.3, -0.25) is 4.79 Å². The molecule has 1 aliphatic heterocycles. The van der Waals surface area contributed by atoms with Gasteiger partial charge in [-0.15, -0.1) is 0 Å². The molecular weight excluding hydrogens is 249 g/mol. The van der Waals surface area contributed by atoms with Crippen molar-refractivity contribution >= 4 is 29.1 Å². The van der Waals surface area contributed by atoms with Gasteiger partial charge < -0.3 is 10.0 Å². The molecule has 0 spiro atoms. The molecule has 0 aromatic heterocycles. The molecule has 0 bridgehead atoms. The van der Waals surface area contributed by atoms with E-state index in [9.17, 15) is 9.90 Å². The van der Waals surface area contributed by atoms with Crippen LogP contribution in [0.4, 0.5) is 0 Å². The molecule has 1 aromatic rings. The number of halogens is 2. The third-order valence-corrected chi connectivity index (χ3v) is 3.27. The number of rotatable bonds is 1. The van der Waals surface area contributed by atoms with E-state index in [1.165, 1.54) is 18.0 Å². The Kier molecular flexibility index (Phi) is 2.70. The van der Waals surface area contributed by atoms with Crippen molar-refractivity contribution in [2.24, 2.45) is 0 Å². The number of benzene rings is 1. The van der Waals surface area contributed by atoms with Gasteiger partial charge in [0.25, 0.3) is 0 Å². The van der Waals surface area contributed by atoms with E-state index in [0.29, 0.717) is 10.6 Å². The molecule has 5 heteroatoms. The summed E-state index contributed by atoms with van der Waals surface area (Å²) >= 11 is 11.7. The van der Waals surface area contributed by atoms with Crippen molar-refractivity contribution in [2.45, 2.75) is 5.72 Å². The topological polar surface area (TPSA) is 40.5 Å². The molecule has 0 aliphatic carbocycles. The molecule has 1 atom stereocenters. The van der Waals surface area contributed by atoms with Crippen LogP contribution in [0.2, 0.25) is 5.02 Å². The van der Waals surface area contributed by atoms with Gasteiger partial charge in [0.05, 0.1) is 5.03 Å². The highest BCUT2D eigenvalue weighted by molar-refractivity contribution is 6.33. The van der Waals surface area contributed by atoms with E-state index < -0.39 is 5.72 Å². The maximum atomic E-state index is 11.4. The van der Waals surface area contributed by atoms with Crippen LogP contribution in [-0.4, -0.2) is 23.0 Å². The first-order chi connectivity index (χ1) is 7.46. The smallest absolute Gasteiger partial charge is 0.250 e. The Morgan fingerprint density at radius 1 is 1.25 bits per heavy atom. The lowest BCUT2D eigenvalue weighted by molar-refractivity contribution is -0.139. The Morgan fingerprint density at radius 3 is 2.25 bits per heavy atom. The molecule has 3 nitrogen and oxygen atoms in total. The van der Waals surface area contributed by atoms with Crippen LogP contribution in [0.25, 0.3) is 0 Å². The van der Waals surface area contributed by atoms with Crippen LogP contribution < -0.4 is 0 Å². The Bertz CT molecular complexity index is 469. The van der Waals surface area contributed by atoms with Crippen molar-refractivity contribution < 1.29 is 9.90 Å². The van der Waals surface area contributed by atoms with Gasteiger partial charge in [-0.2, -0.15) is 0 Å². The molecule has 1 amide bonds. The fourth-order valence-electron chi connectivity index (χ4n) is 1.64. The molecule has 1 aliphatic rings. The molecule has 1 aromatic carbocycles. The van der Waals surface area contributed by atoms with Crippen molar-refractivity contribution in [2.75, 3.05) is 7.05 Å².